The number of piperidine rings is 1. The molecule has 1 atom stereocenters. The summed E-state index contributed by atoms with van der Waals surface area (Å²) in [6.45, 7) is 2.20. The third-order valence-corrected chi connectivity index (χ3v) is 5.87. The van der Waals surface area contributed by atoms with Crippen LogP contribution in [0.2, 0.25) is 0 Å². The first kappa shape index (κ1) is 21.8. The molecule has 30 heavy (non-hydrogen) atoms. The molecule has 9 heteroatoms. The predicted molar refractivity (Wildman–Crippen MR) is 111 cm³/mol. The second-order valence-corrected chi connectivity index (χ2v) is 8.58. The van der Waals surface area contributed by atoms with Gasteiger partial charge < -0.3 is 10.1 Å². The van der Waals surface area contributed by atoms with Crippen LogP contribution in [0.15, 0.2) is 53.4 Å². The van der Waals surface area contributed by atoms with Gasteiger partial charge >= 0.3 is 0 Å². The minimum Gasteiger partial charge on any atom is -0.494 e. The molecule has 0 spiro atoms. The number of carbonyl (C=O) groups excluding carboxylic acids is 2. The van der Waals surface area contributed by atoms with Crippen LogP contribution in [0.25, 0.3) is 0 Å². The molecule has 1 heterocycles. The van der Waals surface area contributed by atoms with E-state index in [2.05, 4.69) is 10.6 Å². The topological polar surface area (TPSA) is 111 Å². The zero-order chi connectivity index (χ0) is 21.6. The zero-order valence-electron chi connectivity index (χ0n) is 16.6. The number of rotatable bonds is 9. The fourth-order valence-electron chi connectivity index (χ4n) is 2.87. The molecule has 1 unspecified atom stereocenters. The molecular formula is C21H24N2O6S. The number of ether oxygens (including phenoxy) is 1. The van der Waals surface area contributed by atoms with Gasteiger partial charge in [0.05, 0.1) is 18.1 Å². The minimum atomic E-state index is -3.77. The minimum absolute atomic E-state index is 0.0192. The SMILES string of the molecule is Cc1ccc(S(=O)(=O)OCCCOc2ccc(NC3CCC(=O)NC3=O)cc2)cc1. The maximum Gasteiger partial charge on any atom is 0.296 e. The smallest absolute Gasteiger partial charge is 0.296 e. The summed E-state index contributed by atoms with van der Waals surface area (Å²) < 4.78 is 34.8. The predicted octanol–water partition coefficient (Wildman–Crippen LogP) is 2.39. The van der Waals surface area contributed by atoms with Gasteiger partial charge in [0.25, 0.3) is 10.1 Å². The Labute approximate surface area is 175 Å². The molecule has 0 radical (unpaired) electrons. The molecule has 2 aromatic carbocycles. The number of hydrogen-bond donors (Lipinski definition) is 2. The Morgan fingerprint density at radius 1 is 1.03 bits per heavy atom. The van der Waals surface area contributed by atoms with Gasteiger partial charge in [0.2, 0.25) is 11.8 Å². The summed E-state index contributed by atoms with van der Waals surface area (Å²) in [5.74, 6) is 0.0369. The van der Waals surface area contributed by atoms with Crippen LogP contribution in [-0.2, 0) is 23.9 Å². The van der Waals surface area contributed by atoms with Crippen LogP contribution in [0.5, 0.6) is 5.75 Å². The zero-order valence-corrected chi connectivity index (χ0v) is 17.4. The molecule has 1 fully saturated rings. The van der Waals surface area contributed by atoms with Crippen LogP contribution in [0.4, 0.5) is 5.69 Å². The molecule has 0 bridgehead atoms. The first-order valence-electron chi connectivity index (χ1n) is 9.63. The number of imide groups is 1. The van der Waals surface area contributed by atoms with E-state index >= 15 is 0 Å². The largest absolute Gasteiger partial charge is 0.494 e. The van der Waals surface area contributed by atoms with Gasteiger partial charge in [-0.3, -0.25) is 19.1 Å². The Balaban J connectivity index is 1.39. The summed E-state index contributed by atoms with van der Waals surface area (Å²) in [7, 11) is -3.77. The molecule has 0 aromatic heterocycles. The first-order chi connectivity index (χ1) is 14.3. The fraction of sp³-hybridized carbons (Fsp3) is 0.333. The third kappa shape index (κ3) is 6.04. The van der Waals surface area contributed by atoms with Gasteiger partial charge in [0.15, 0.2) is 0 Å². The van der Waals surface area contributed by atoms with Crippen molar-refractivity contribution < 1.29 is 26.9 Å². The van der Waals surface area contributed by atoms with E-state index in [-0.39, 0.29) is 23.3 Å². The lowest BCUT2D eigenvalue weighted by Crippen LogP contribution is -2.47. The molecule has 1 aliphatic rings. The summed E-state index contributed by atoms with van der Waals surface area (Å²) in [6, 6.07) is 13.1. The maximum atomic E-state index is 12.1. The van der Waals surface area contributed by atoms with E-state index in [0.717, 1.165) is 11.3 Å². The molecular weight excluding hydrogens is 408 g/mol. The molecule has 1 aliphatic heterocycles. The number of carbonyl (C=O) groups is 2. The highest BCUT2D eigenvalue weighted by Gasteiger charge is 2.26. The van der Waals surface area contributed by atoms with Gasteiger partial charge in [0, 0.05) is 18.5 Å². The van der Waals surface area contributed by atoms with Gasteiger partial charge in [-0.05, 0) is 49.7 Å². The summed E-state index contributed by atoms with van der Waals surface area (Å²) >= 11 is 0. The number of anilines is 1. The number of aryl methyl sites for hydroxylation is 1. The Morgan fingerprint density at radius 3 is 2.40 bits per heavy atom. The quantitative estimate of drug-likeness (QED) is 0.356. The molecule has 3 rings (SSSR count). The molecule has 1 saturated heterocycles. The summed E-state index contributed by atoms with van der Waals surface area (Å²) in [6.07, 6.45) is 1.17. The first-order valence-corrected chi connectivity index (χ1v) is 11.0. The number of benzene rings is 2. The lowest BCUT2D eigenvalue weighted by atomic mass is 10.1. The molecule has 0 saturated carbocycles. The molecule has 0 aliphatic carbocycles. The van der Waals surface area contributed by atoms with Crippen molar-refractivity contribution >= 4 is 27.6 Å². The monoisotopic (exact) mass is 432 g/mol. The van der Waals surface area contributed by atoms with Crippen molar-refractivity contribution in [3.8, 4) is 5.75 Å². The van der Waals surface area contributed by atoms with Crippen LogP contribution in [-0.4, -0.2) is 39.5 Å². The van der Waals surface area contributed by atoms with Crippen molar-refractivity contribution in [3.05, 3.63) is 54.1 Å². The number of nitrogens with one attached hydrogen (secondary N) is 2. The average Bonchev–Trinajstić information content (AvgIpc) is 2.71. The van der Waals surface area contributed by atoms with Crippen LogP contribution in [0.3, 0.4) is 0 Å². The number of amides is 2. The van der Waals surface area contributed by atoms with Gasteiger partial charge in [-0.15, -0.1) is 0 Å². The van der Waals surface area contributed by atoms with E-state index < -0.39 is 16.2 Å². The maximum absolute atomic E-state index is 12.1. The number of hydrogen-bond acceptors (Lipinski definition) is 7. The van der Waals surface area contributed by atoms with E-state index in [9.17, 15) is 18.0 Å². The molecule has 2 N–H and O–H groups in total. The Hall–Kier alpha value is -2.91. The second kappa shape index (κ2) is 9.73. The van der Waals surface area contributed by atoms with E-state index in [4.69, 9.17) is 8.92 Å². The highest BCUT2D eigenvalue weighted by Crippen LogP contribution is 2.19. The highest BCUT2D eigenvalue weighted by atomic mass is 32.2. The summed E-state index contributed by atoms with van der Waals surface area (Å²) in [4.78, 5) is 23.1. The van der Waals surface area contributed by atoms with E-state index in [0.29, 0.717) is 31.6 Å². The van der Waals surface area contributed by atoms with Crippen molar-refractivity contribution in [1.82, 2.24) is 5.32 Å². The summed E-state index contributed by atoms with van der Waals surface area (Å²) in [5, 5.41) is 5.39. The highest BCUT2D eigenvalue weighted by molar-refractivity contribution is 7.86. The lowest BCUT2D eigenvalue weighted by molar-refractivity contribution is -0.133. The lowest BCUT2D eigenvalue weighted by Gasteiger charge is -2.22. The fourth-order valence-corrected chi connectivity index (χ4v) is 3.81. The average molecular weight is 432 g/mol. The molecule has 2 aromatic rings. The second-order valence-electron chi connectivity index (χ2n) is 6.96. The molecule has 8 nitrogen and oxygen atoms in total. The van der Waals surface area contributed by atoms with Crippen LogP contribution < -0.4 is 15.4 Å². The van der Waals surface area contributed by atoms with Gasteiger partial charge in [-0.2, -0.15) is 8.42 Å². The third-order valence-electron chi connectivity index (χ3n) is 4.54. The van der Waals surface area contributed by atoms with Crippen molar-refractivity contribution in [2.24, 2.45) is 0 Å². The molecule has 2 amide bonds. The normalized spacial score (nSPS) is 16.8. The van der Waals surface area contributed by atoms with E-state index in [1.54, 1.807) is 36.4 Å². The Morgan fingerprint density at radius 2 is 1.73 bits per heavy atom. The van der Waals surface area contributed by atoms with Crippen molar-refractivity contribution in [2.45, 2.75) is 37.1 Å². The van der Waals surface area contributed by atoms with Crippen LogP contribution in [0.1, 0.15) is 24.8 Å². The van der Waals surface area contributed by atoms with E-state index in [1.165, 1.54) is 12.1 Å². The van der Waals surface area contributed by atoms with Crippen LogP contribution in [0, 0.1) is 6.92 Å². The van der Waals surface area contributed by atoms with Gasteiger partial charge in [-0.25, -0.2) is 0 Å². The van der Waals surface area contributed by atoms with Gasteiger partial charge in [-0.1, -0.05) is 17.7 Å². The Kier molecular flexibility index (Phi) is 7.07. The summed E-state index contributed by atoms with van der Waals surface area (Å²) in [5.41, 5.74) is 1.71. The van der Waals surface area contributed by atoms with Gasteiger partial charge in [0.1, 0.15) is 11.8 Å². The Bertz CT molecular complexity index is 987. The van der Waals surface area contributed by atoms with Crippen molar-refractivity contribution in [2.75, 3.05) is 18.5 Å². The van der Waals surface area contributed by atoms with Crippen molar-refractivity contribution in [3.63, 3.8) is 0 Å². The standard InChI is InChI=1S/C21H24N2O6S/c1-15-3-9-18(10-4-15)30(26,27)29-14-2-13-28-17-7-5-16(6-8-17)22-19-11-12-20(24)23-21(19)25/h3-10,19,22H,2,11-14H2,1H3,(H,23,24,25). The van der Waals surface area contributed by atoms with E-state index in [1.807, 2.05) is 6.92 Å². The molecule has 160 valence electrons. The van der Waals surface area contributed by atoms with Crippen molar-refractivity contribution in [1.29, 1.82) is 0 Å². The van der Waals surface area contributed by atoms with Crippen LogP contribution >= 0.6 is 0 Å².